The van der Waals surface area contributed by atoms with Crippen molar-refractivity contribution in [2.24, 2.45) is 0 Å². The predicted octanol–water partition coefficient (Wildman–Crippen LogP) is 3.98. The summed E-state index contributed by atoms with van der Waals surface area (Å²) in [5.41, 5.74) is 3.21. The average Bonchev–Trinajstić information content (AvgIpc) is 2.64. The van der Waals surface area contributed by atoms with Crippen LogP contribution >= 0.6 is 15.9 Å². The van der Waals surface area contributed by atoms with Gasteiger partial charge in [0, 0.05) is 48.2 Å². The van der Waals surface area contributed by atoms with Gasteiger partial charge in [0.2, 0.25) is 0 Å². The van der Waals surface area contributed by atoms with Crippen LogP contribution in [0.15, 0.2) is 47.2 Å². The standard InChI is InChI=1S/C20H25BrN4O/c1-15-14-17(21)2-3-19(15)24-20(26)23-18-7-12-25(13-8-18)11-6-16-4-9-22-10-5-16/h2-5,9-10,14,18H,6-8,11-13H2,1H3,(H2,23,24,26). The third kappa shape index (κ3) is 5.54. The SMILES string of the molecule is Cc1cc(Br)ccc1NC(=O)NC1CCN(CCc2ccncc2)CC1. The van der Waals surface area contributed by atoms with Crippen molar-refractivity contribution in [3.05, 3.63) is 58.3 Å². The normalized spacial score (nSPS) is 15.6. The Morgan fingerprint density at radius 3 is 2.65 bits per heavy atom. The maximum Gasteiger partial charge on any atom is 0.319 e. The van der Waals surface area contributed by atoms with E-state index in [4.69, 9.17) is 0 Å². The quantitative estimate of drug-likeness (QED) is 0.774. The molecular weight excluding hydrogens is 392 g/mol. The highest BCUT2D eigenvalue weighted by Gasteiger charge is 2.20. The smallest absolute Gasteiger partial charge is 0.319 e. The molecule has 1 saturated heterocycles. The molecule has 3 rings (SSSR count). The molecule has 0 bridgehead atoms. The molecule has 138 valence electrons. The van der Waals surface area contributed by atoms with E-state index >= 15 is 0 Å². The second-order valence-corrected chi connectivity index (χ2v) is 7.69. The van der Waals surface area contributed by atoms with Crippen molar-refractivity contribution in [3.8, 4) is 0 Å². The van der Waals surface area contributed by atoms with Gasteiger partial charge in [0.1, 0.15) is 0 Å². The summed E-state index contributed by atoms with van der Waals surface area (Å²) in [6.07, 6.45) is 6.71. The van der Waals surface area contributed by atoms with Crippen molar-refractivity contribution < 1.29 is 4.79 Å². The summed E-state index contributed by atoms with van der Waals surface area (Å²) in [5.74, 6) is 0. The molecule has 2 N–H and O–H groups in total. The van der Waals surface area contributed by atoms with Gasteiger partial charge in [-0.05, 0) is 67.6 Å². The summed E-state index contributed by atoms with van der Waals surface area (Å²) in [6, 6.07) is 10.1. The van der Waals surface area contributed by atoms with E-state index < -0.39 is 0 Å². The summed E-state index contributed by atoms with van der Waals surface area (Å²) < 4.78 is 1.01. The van der Waals surface area contributed by atoms with E-state index in [1.54, 1.807) is 0 Å². The van der Waals surface area contributed by atoms with Crippen molar-refractivity contribution in [1.29, 1.82) is 0 Å². The number of nitrogens with one attached hydrogen (secondary N) is 2. The number of nitrogens with zero attached hydrogens (tertiary/aromatic N) is 2. The Bertz CT molecular complexity index is 730. The first kappa shape index (κ1) is 18.9. The minimum Gasteiger partial charge on any atom is -0.335 e. The highest BCUT2D eigenvalue weighted by molar-refractivity contribution is 9.10. The van der Waals surface area contributed by atoms with Gasteiger partial charge in [-0.2, -0.15) is 0 Å². The fourth-order valence-electron chi connectivity index (χ4n) is 3.25. The van der Waals surface area contributed by atoms with Crippen LogP contribution in [-0.2, 0) is 6.42 Å². The lowest BCUT2D eigenvalue weighted by Gasteiger charge is -2.32. The van der Waals surface area contributed by atoms with Crippen molar-refractivity contribution in [2.45, 2.75) is 32.2 Å². The zero-order chi connectivity index (χ0) is 18.4. The first-order valence-corrected chi connectivity index (χ1v) is 9.84. The number of aromatic nitrogens is 1. The number of anilines is 1. The Kier molecular flexibility index (Phi) is 6.63. The molecule has 6 heteroatoms. The third-order valence-electron chi connectivity index (χ3n) is 4.83. The summed E-state index contributed by atoms with van der Waals surface area (Å²) in [6.45, 7) is 5.09. The zero-order valence-corrected chi connectivity index (χ0v) is 16.6. The number of amides is 2. The molecule has 1 aromatic carbocycles. The maximum absolute atomic E-state index is 12.3. The van der Waals surface area contributed by atoms with Crippen LogP contribution in [0, 0.1) is 6.92 Å². The molecule has 26 heavy (non-hydrogen) atoms. The molecule has 1 aromatic heterocycles. The molecule has 1 aliphatic heterocycles. The van der Waals surface area contributed by atoms with E-state index in [0.717, 1.165) is 54.6 Å². The van der Waals surface area contributed by atoms with E-state index in [9.17, 15) is 4.79 Å². The molecule has 5 nitrogen and oxygen atoms in total. The Labute approximate surface area is 163 Å². The number of hydrogen-bond acceptors (Lipinski definition) is 3. The van der Waals surface area contributed by atoms with Crippen molar-refractivity contribution in [1.82, 2.24) is 15.2 Å². The highest BCUT2D eigenvalue weighted by Crippen LogP contribution is 2.20. The van der Waals surface area contributed by atoms with Crippen LogP contribution in [0.1, 0.15) is 24.0 Å². The number of aryl methyl sites for hydroxylation is 1. The molecule has 0 aliphatic carbocycles. The lowest BCUT2D eigenvalue weighted by molar-refractivity contribution is 0.197. The first-order valence-electron chi connectivity index (χ1n) is 9.05. The van der Waals surface area contributed by atoms with Gasteiger partial charge in [0.25, 0.3) is 0 Å². The Hall–Kier alpha value is -1.92. The largest absolute Gasteiger partial charge is 0.335 e. The Morgan fingerprint density at radius 1 is 1.23 bits per heavy atom. The molecule has 0 atom stereocenters. The summed E-state index contributed by atoms with van der Waals surface area (Å²) in [7, 11) is 0. The topological polar surface area (TPSA) is 57.3 Å². The van der Waals surface area contributed by atoms with Gasteiger partial charge in [-0.3, -0.25) is 4.98 Å². The van der Waals surface area contributed by atoms with Gasteiger partial charge >= 0.3 is 6.03 Å². The number of hydrogen-bond donors (Lipinski definition) is 2. The van der Waals surface area contributed by atoms with E-state index in [1.807, 2.05) is 37.5 Å². The van der Waals surface area contributed by atoms with Crippen molar-refractivity contribution in [3.63, 3.8) is 0 Å². The molecule has 0 spiro atoms. The van der Waals surface area contributed by atoms with Gasteiger partial charge in [-0.1, -0.05) is 15.9 Å². The fourth-order valence-corrected chi connectivity index (χ4v) is 3.72. The fraction of sp³-hybridized carbons (Fsp3) is 0.400. The molecule has 0 saturated carbocycles. The van der Waals surface area contributed by atoms with Gasteiger partial charge in [0.05, 0.1) is 0 Å². The van der Waals surface area contributed by atoms with E-state index in [1.165, 1.54) is 5.56 Å². The van der Waals surface area contributed by atoms with Crippen molar-refractivity contribution >= 4 is 27.6 Å². The summed E-state index contributed by atoms with van der Waals surface area (Å²) >= 11 is 3.44. The molecular formula is C20H25BrN4O. The molecule has 1 fully saturated rings. The van der Waals surface area contributed by atoms with E-state index in [2.05, 4.69) is 48.6 Å². The minimum atomic E-state index is -0.120. The number of piperidine rings is 1. The van der Waals surface area contributed by atoms with Gasteiger partial charge in [-0.25, -0.2) is 4.79 Å². The lowest BCUT2D eigenvalue weighted by Crippen LogP contribution is -2.46. The highest BCUT2D eigenvalue weighted by atomic mass is 79.9. The second-order valence-electron chi connectivity index (χ2n) is 6.78. The second kappa shape index (κ2) is 9.14. The number of benzene rings is 1. The first-order chi connectivity index (χ1) is 12.6. The maximum atomic E-state index is 12.3. The number of urea groups is 1. The van der Waals surface area contributed by atoms with Crippen molar-refractivity contribution in [2.75, 3.05) is 25.0 Å². The number of halogens is 1. The van der Waals surface area contributed by atoms with Crippen LogP contribution in [0.3, 0.4) is 0 Å². The molecule has 0 unspecified atom stereocenters. The monoisotopic (exact) mass is 416 g/mol. The predicted molar refractivity (Wildman–Crippen MR) is 108 cm³/mol. The average molecular weight is 417 g/mol. The minimum absolute atomic E-state index is 0.120. The Morgan fingerprint density at radius 2 is 1.96 bits per heavy atom. The number of pyridine rings is 1. The van der Waals surface area contributed by atoms with Gasteiger partial charge in [-0.15, -0.1) is 0 Å². The number of rotatable bonds is 5. The molecule has 2 amide bonds. The van der Waals surface area contributed by atoms with Crippen LogP contribution in [0.2, 0.25) is 0 Å². The summed E-state index contributed by atoms with van der Waals surface area (Å²) in [5, 5.41) is 6.06. The zero-order valence-electron chi connectivity index (χ0n) is 15.0. The molecule has 0 radical (unpaired) electrons. The van der Waals surface area contributed by atoms with E-state index in [0.29, 0.717) is 0 Å². The van der Waals surface area contributed by atoms with Gasteiger partial charge < -0.3 is 15.5 Å². The Balaban J connectivity index is 1.40. The van der Waals surface area contributed by atoms with Crippen LogP contribution in [-0.4, -0.2) is 41.6 Å². The lowest BCUT2D eigenvalue weighted by atomic mass is 10.0. The third-order valence-corrected chi connectivity index (χ3v) is 5.32. The molecule has 1 aliphatic rings. The van der Waals surface area contributed by atoms with Crippen LogP contribution < -0.4 is 10.6 Å². The summed E-state index contributed by atoms with van der Waals surface area (Å²) in [4.78, 5) is 18.8. The van der Waals surface area contributed by atoms with Crippen LogP contribution in [0.4, 0.5) is 10.5 Å². The number of likely N-dealkylation sites (tertiary alicyclic amines) is 1. The molecule has 2 heterocycles. The van der Waals surface area contributed by atoms with Crippen LogP contribution in [0.25, 0.3) is 0 Å². The van der Waals surface area contributed by atoms with E-state index in [-0.39, 0.29) is 12.1 Å². The number of carbonyl (C=O) groups excluding carboxylic acids is 1. The van der Waals surface area contributed by atoms with Crippen LogP contribution in [0.5, 0.6) is 0 Å². The number of carbonyl (C=O) groups is 1. The van der Waals surface area contributed by atoms with Gasteiger partial charge in [0.15, 0.2) is 0 Å². The molecule has 2 aromatic rings.